The minimum Gasteiger partial charge on any atom is -0.311 e. The summed E-state index contributed by atoms with van der Waals surface area (Å²) in [6.45, 7) is 13.8. The van der Waals surface area contributed by atoms with E-state index in [1.54, 1.807) is 0 Å². The van der Waals surface area contributed by atoms with Crippen LogP contribution in [0.4, 0.5) is 0 Å². The summed E-state index contributed by atoms with van der Waals surface area (Å²) >= 11 is 1.90. The number of rotatable bonds is 6. The Morgan fingerprint density at radius 1 is 1.29 bits per heavy atom. The van der Waals surface area contributed by atoms with Crippen LogP contribution in [0.2, 0.25) is 0 Å². The highest BCUT2D eigenvalue weighted by Gasteiger charge is 2.21. The van der Waals surface area contributed by atoms with E-state index in [1.807, 2.05) is 11.8 Å². The third kappa shape index (κ3) is 6.50. The molecule has 1 atom stereocenters. The van der Waals surface area contributed by atoms with Crippen LogP contribution in [0.3, 0.4) is 0 Å². The van der Waals surface area contributed by atoms with Crippen LogP contribution in [-0.2, 0) is 0 Å². The Morgan fingerprint density at radius 2 is 1.86 bits per heavy atom. The van der Waals surface area contributed by atoms with E-state index in [4.69, 9.17) is 0 Å². The molecule has 0 spiro atoms. The molecule has 1 N–H and O–H groups in total. The predicted molar refractivity (Wildman–Crippen MR) is 69.1 cm³/mol. The minimum absolute atomic E-state index is 0.198. The molecule has 0 bridgehead atoms. The first-order valence-corrected chi connectivity index (χ1v) is 6.60. The maximum atomic E-state index is 3.94. The van der Waals surface area contributed by atoms with Gasteiger partial charge in [-0.15, -0.1) is 6.58 Å². The molecule has 0 aromatic rings. The third-order valence-electron chi connectivity index (χ3n) is 2.39. The monoisotopic (exact) mass is 215 g/mol. The smallest absolute Gasteiger partial charge is 0.00968 e. The molecule has 14 heavy (non-hydrogen) atoms. The molecule has 0 aliphatic rings. The number of hydrogen-bond donors (Lipinski definition) is 1. The average molecular weight is 215 g/mol. The highest BCUT2D eigenvalue weighted by atomic mass is 32.2. The van der Waals surface area contributed by atoms with Crippen molar-refractivity contribution in [3.63, 3.8) is 0 Å². The molecule has 0 aliphatic carbocycles. The summed E-state index contributed by atoms with van der Waals surface area (Å²) in [4.78, 5) is 0. The SMILES string of the molecule is C=CC(C)(CCSC)CNC(C)(C)C. The van der Waals surface area contributed by atoms with Gasteiger partial charge in [-0.05, 0) is 44.6 Å². The number of thioether (sulfide) groups is 1. The molecule has 1 nitrogen and oxygen atoms in total. The summed E-state index contributed by atoms with van der Waals surface area (Å²) in [6, 6.07) is 0. The molecule has 0 aromatic heterocycles. The van der Waals surface area contributed by atoms with Gasteiger partial charge in [0.1, 0.15) is 0 Å². The van der Waals surface area contributed by atoms with Gasteiger partial charge >= 0.3 is 0 Å². The molecule has 1 unspecified atom stereocenters. The van der Waals surface area contributed by atoms with Crippen molar-refractivity contribution in [2.24, 2.45) is 5.41 Å². The van der Waals surface area contributed by atoms with Gasteiger partial charge in [-0.1, -0.05) is 13.0 Å². The molecule has 0 rings (SSSR count). The van der Waals surface area contributed by atoms with E-state index >= 15 is 0 Å². The molecular formula is C12H25NS. The first kappa shape index (κ1) is 14.1. The lowest BCUT2D eigenvalue weighted by Crippen LogP contribution is -2.42. The van der Waals surface area contributed by atoms with Gasteiger partial charge in [-0.25, -0.2) is 0 Å². The summed E-state index contributed by atoms with van der Waals surface area (Å²) in [5.74, 6) is 1.20. The van der Waals surface area contributed by atoms with E-state index in [-0.39, 0.29) is 11.0 Å². The molecule has 84 valence electrons. The van der Waals surface area contributed by atoms with Crippen molar-refractivity contribution < 1.29 is 0 Å². The van der Waals surface area contributed by atoms with Gasteiger partial charge in [0.05, 0.1) is 0 Å². The highest BCUT2D eigenvalue weighted by Crippen LogP contribution is 2.24. The Bertz CT molecular complexity index is 172. The lowest BCUT2D eigenvalue weighted by atomic mass is 9.87. The van der Waals surface area contributed by atoms with Gasteiger partial charge in [-0.2, -0.15) is 11.8 Å². The lowest BCUT2D eigenvalue weighted by molar-refractivity contribution is 0.318. The van der Waals surface area contributed by atoms with Crippen molar-refractivity contribution in [1.82, 2.24) is 5.32 Å². The van der Waals surface area contributed by atoms with Gasteiger partial charge in [0.2, 0.25) is 0 Å². The van der Waals surface area contributed by atoms with Crippen LogP contribution < -0.4 is 5.32 Å². The van der Waals surface area contributed by atoms with Crippen molar-refractivity contribution in [1.29, 1.82) is 0 Å². The van der Waals surface area contributed by atoms with E-state index in [2.05, 4.69) is 51.9 Å². The summed E-state index contributed by atoms with van der Waals surface area (Å²) in [5.41, 5.74) is 0.430. The first-order chi connectivity index (χ1) is 6.33. The van der Waals surface area contributed by atoms with Gasteiger partial charge in [0.15, 0.2) is 0 Å². The zero-order valence-corrected chi connectivity index (χ0v) is 11.1. The third-order valence-corrected chi connectivity index (χ3v) is 3.01. The molecule has 2 heteroatoms. The topological polar surface area (TPSA) is 12.0 Å². The maximum absolute atomic E-state index is 3.94. The molecule has 0 aromatic carbocycles. The Kier molecular flexibility index (Phi) is 5.84. The van der Waals surface area contributed by atoms with Crippen LogP contribution in [0, 0.1) is 5.41 Å². The van der Waals surface area contributed by atoms with E-state index < -0.39 is 0 Å². The standard InChI is InChI=1S/C12H25NS/c1-7-12(5,8-9-14-6)10-13-11(2,3)4/h7,13H,1,8-10H2,2-6H3. The summed E-state index contributed by atoms with van der Waals surface area (Å²) < 4.78 is 0. The second kappa shape index (κ2) is 5.82. The molecular weight excluding hydrogens is 190 g/mol. The Morgan fingerprint density at radius 3 is 2.21 bits per heavy atom. The van der Waals surface area contributed by atoms with Crippen molar-refractivity contribution in [2.75, 3.05) is 18.6 Å². The molecule has 0 amide bonds. The van der Waals surface area contributed by atoms with Crippen molar-refractivity contribution >= 4 is 11.8 Å². The zero-order valence-electron chi connectivity index (χ0n) is 10.3. The zero-order chi connectivity index (χ0) is 11.2. The molecule has 0 fully saturated rings. The lowest BCUT2D eigenvalue weighted by Gasteiger charge is -2.31. The average Bonchev–Trinajstić information content (AvgIpc) is 2.10. The van der Waals surface area contributed by atoms with Crippen LogP contribution in [0.1, 0.15) is 34.1 Å². The molecule has 0 saturated carbocycles. The predicted octanol–water partition coefficient (Wildman–Crippen LogP) is 3.32. The maximum Gasteiger partial charge on any atom is 0.00968 e. The Labute approximate surface area is 93.7 Å². The fourth-order valence-electron chi connectivity index (χ4n) is 1.06. The van der Waals surface area contributed by atoms with Gasteiger partial charge in [0, 0.05) is 12.1 Å². The van der Waals surface area contributed by atoms with Crippen LogP contribution in [-0.4, -0.2) is 24.1 Å². The van der Waals surface area contributed by atoms with E-state index in [9.17, 15) is 0 Å². The normalized spacial score (nSPS) is 16.4. The van der Waals surface area contributed by atoms with E-state index in [1.165, 1.54) is 12.2 Å². The van der Waals surface area contributed by atoms with Crippen molar-refractivity contribution in [2.45, 2.75) is 39.7 Å². The van der Waals surface area contributed by atoms with Crippen LogP contribution in [0.25, 0.3) is 0 Å². The van der Waals surface area contributed by atoms with Crippen molar-refractivity contribution in [3.05, 3.63) is 12.7 Å². The second-order valence-corrected chi connectivity index (χ2v) is 6.19. The Hall–Kier alpha value is 0.0500. The van der Waals surface area contributed by atoms with Crippen LogP contribution >= 0.6 is 11.8 Å². The van der Waals surface area contributed by atoms with Gasteiger partial charge in [-0.3, -0.25) is 0 Å². The molecule has 0 radical (unpaired) electrons. The summed E-state index contributed by atoms with van der Waals surface area (Å²) in [5, 5.41) is 3.54. The first-order valence-electron chi connectivity index (χ1n) is 5.20. The largest absolute Gasteiger partial charge is 0.311 e. The van der Waals surface area contributed by atoms with E-state index in [0.717, 1.165) is 6.54 Å². The van der Waals surface area contributed by atoms with Gasteiger partial charge < -0.3 is 5.32 Å². The number of hydrogen-bond acceptors (Lipinski definition) is 2. The molecule has 0 aliphatic heterocycles. The molecule has 0 saturated heterocycles. The summed E-state index contributed by atoms with van der Waals surface area (Å²) in [7, 11) is 0. The van der Waals surface area contributed by atoms with Gasteiger partial charge in [0.25, 0.3) is 0 Å². The number of nitrogens with one attached hydrogen (secondary N) is 1. The Balaban J connectivity index is 4.05. The second-order valence-electron chi connectivity index (χ2n) is 5.20. The highest BCUT2D eigenvalue weighted by molar-refractivity contribution is 7.98. The summed E-state index contributed by atoms with van der Waals surface area (Å²) in [6.07, 6.45) is 5.43. The molecule has 0 heterocycles. The van der Waals surface area contributed by atoms with E-state index in [0.29, 0.717) is 0 Å². The fourth-order valence-corrected chi connectivity index (χ4v) is 1.74. The quantitative estimate of drug-likeness (QED) is 0.682. The van der Waals surface area contributed by atoms with Crippen LogP contribution in [0.15, 0.2) is 12.7 Å². The van der Waals surface area contributed by atoms with Crippen molar-refractivity contribution in [3.8, 4) is 0 Å². The fraction of sp³-hybridized carbons (Fsp3) is 0.833. The minimum atomic E-state index is 0.198. The van der Waals surface area contributed by atoms with Crippen LogP contribution in [0.5, 0.6) is 0 Å².